The fraction of sp³-hybridized carbons (Fsp3) is 0.412. The van der Waals surface area contributed by atoms with Crippen LogP contribution in [0.25, 0.3) is 0 Å². The van der Waals surface area contributed by atoms with E-state index in [1.54, 1.807) is 18.3 Å². The molecule has 0 saturated heterocycles. The quantitative estimate of drug-likeness (QED) is 0.851. The molecule has 2 aromatic rings. The molecular weight excluding hydrogens is 295 g/mol. The standard InChI is InChI=1S/C17H23FN4O/c1-13(15-5-7-16(18)8-6-15)20-17(23)14(2)21(3)11-12-22-10-4-9-19-22/h4-10,13-14H,11-12H2,1-3H3,(H,20,23)/t13-,14+/m0/s1. The van der Waals surface area contributed by atoms with E-state index in [9.17, 15) is 9.18 Å². The first kappa shape index (κ1) is 17.1. The first-order chi connectivity index (χ1) is 11.0. The summed E-state index contributed by atoms with van der Waals surface area (Å²) in [6.45, 7) is 5.22. The van der Waals surface area contributed by atoms with Crippen LogP contribution in [0.1, 0.15) is 25.5 Å². The van der Waals surface area contributed by atoms with Gasteiger partial charge >= 0.3 is 0 Å². The monoisotopic (exact) mass is 318 g/mol. The highest BCUT2D eigenvalue weighted by atomic mass is 19.1. The van der Waals surface area contributed by atoms with Crippen molar-refractivity contribution >= 4 is 5.91 Å². The number of benzene rings is 1. The fourth-order valence-corrected chi connectivity index (χ4v) is 2.26. The summed E-state index contributed by atoms with van der Waals surface area (Å²) in [5.41, 5.74) is 0.881. The summed E-state index contributed by atoms with van der Waals surface area (Å²) in [5.74, 6) is -0.330. The maximum absolute atomic E-state index is 12.9. The van der Waals surface area contributed by atoms with Crippen LogP contribution in [-0.2, 0) is 11.3 Å². The molecule has 0 fully saturated rings. The van der Waals surface area contributed by atoms with Gasteiger partial charge < -0.3 is 5.32 Å². The Bertz CT molecular complexity index is 612. The first-order valence-corrected chi connectivity index (χ1v) is 7.71. The number of hydrogen-bond acceptors (Lipinski definition) is 3. The summed E-state index contributed by atoms with van der Waals surface area (Å²) in [5, 5.41) is 7.11. The van der Waals surface area contributed by atoms with Crippen molar-refractivity contribution in [3.63, 3.8) is 0 Å². The third-order valence-corrected chi connectivity index (χ3v) is 4.01. The van der Waals surface area contributed by atoms with E-state index in [4.69, 9.17) is 0 Å². The summed E-state index contributed by atoms with van der Waals surface area (Å²) < 4.78 is 14.8. The molecule has 0 saturated carbocycles. The van der Waals surface area contributed by atoms with E-state index in [2.05, 4.69) is 10.4 Å². The van der Waals surface area contributed by atoms with Crippen molar-refractivity contribution < 1.29 is 9.18 Å². The number of likely N-dealkylation sites (N-methyl/N-ethyl adjacent to an activating group) is 1. The van der Waals surface area contributed by atoms with Gasteiger partial charge in [0.25, 0.3) is 0 Å². The smallest absolute Gasteiger partial charge is 0.237 e. The van der Waals surface area contributed by atoms with E-state index >= 15 is 0 Å². The van der Waals surface area contributed by atoms with Gasteiger partial charge in [-0.15, -0.1) is 0 Å². The molecule has 0 spiro atoms. The average molecular weight is 318 g/mol. The second kappa shape index (κ2) is 7.87. The lowest BCUT2D eigenvalue weighted by atomic mass is 10.1. The zero-order valence-electron chi connectivity index (χ0n) is 13.7. The van der Waals surface area contributed by atoms with E-state index < -0.39 is 0 Å². The minimum absolute atomic E-state index is 0.0511. The Morgan fingerprint density at radius 1 is 1.35 bits per heavy atom. The van der Waals surface area contributed by atoms with Crippen LogP contribution < -0.4 is 5.32 Å². The Morgan fingerprint density at radius 3 is 2.65 bits per heavy atom. The molecule has 124 valence electrons. The van der Waals surface area contributed by atoms with Gasteiger partial charge in [-0.1, -0.05) is 12.1 Å². The average Bonchev–Trinajstić information content (AvgIpc) is 3.05. The van der Waals surface area contributed by atoms with Gasteiger partial charge in [-0.3, -0.25) is 14.4 Å². The topological polar surface area (TPSA) is 50.2 Å². The fourth-order valence-electron chi connectivity index (χ4n) is 2.26. The van der Waals surface area contributed by atoms with Crippen molar-refractivity contribution in [3.8, 4) is 0 Å². The third kappa shape index (κ3) is 4.89. The van der Waals surface area contributed by atoms with Crippen LogP contribution in [0.3, 0.4) is 0 Å². The van der Waals surface area contributed by atoms with Crippen molar-refractivity contribution in [1.29, 1.82) is 0 Å². The number of halogens is 1. The highest BCUT2D eigenvalue weighted by Crippen LogP contribution is 2.13. The molecule has 2 rings (SSSR count). The summed E-state index contributed by atoms with van der Waals surface area (Å²) in [4.78, 5) is 14.3. The van der Waals surface area contributed by atoms with Crippen LogP contribution in [-0.4, -0.2) is 40.2 Å². The number of carbonyl (C=O) groups excluding carboxylic acids is 1. The Morgan fingerprint density at radius 2 is 2.04 bits per heavy atom. The Hall–Kier alpha value is -2.21. The zero-order valence-corrected chi connectivity index (χ0v) is 13.7. The molecule has 0 aliphatic rings. The van der Waals surface area contributed by atoms with Crippen molar-refractivity contribution in [1.82, 2.24) is 20.0 Å². The lowest BCUT2D eigenvalue weighted by Crippen LogP contribution is -2.45. The van der Waals surface area contributed by atoms with E-state index in [1.165, 1.54) is 12.1 Å². The number of hydrogen-bond donors (Lipinski definition) is 1. The Balaban J connectivity index is 1.84. The predicted molar refractivity (Wildman–Crippen MR) is 87.3 cm³/mol. The minimum Gasteiger partial charge on any atom is -0.348 e. The van der Waals surface area contributed by atoms with Gasteiger partial charge in [-0.05, 0) is 44.7 Å². The van der Waals surface area contributed by atoms with Crippen molar-refractivity contribution in [2.24, 2.45) is 0 Å². The van der Waals surface area contributed by atoms with E-state index in [-0.39, 0.29) is 23.8 Å². The zero-order chi connectivity index (χ0) is 16.8. The SMILES string of the molecule is C[C@H](NC(=O)[C@@H](C)N(C)CCn1cccn1)c1ccc(F)cc1. The van der Waals surface area contributed by atoms with Gasteiger partial charge in [-0.25, -0.2) is 4.39 Å². The van der Waals surface area contributed by atoms with Gasteiger partial charge in [0.2, 0.25) is 5.91 Å². The molecule has 2 atom stereocenters. The van der Waals surface area contributed by atoms with E-state index in [0.29, 0.717) is 0 Å². The van der Waals surface area contributed by atoms with Gasteiger partial charge in [0.1, 0.15) is 5.82 Å². The highest BCUT2D eigenvalue weighted by Gasteiger charge is 2.20. The van der Waals surface area contributed by atoms with Gasteiger partial charge in [0, 0.05) is 18.9 Å². The number of rotatable bonds is 7. The number of aromatic nitrogens is 2. The summed E-state index contributed by atoms with van der Waals surface area (Å²) in [6.07, 6.45) is 3.63. The molecule has 1 heterocycles. The molecule has 0 unspecified atom stereocenters. The Labute approximate surface area is 136 Å². The number of amides is 1. The second-order valence-electron chi connectivity index (χ2n) is 5.71. The van der Waals surface area contributed by atoms with Crippen molar-refractivity contribution in [3.05, 3.63) is 54.1 Å². The van der Waals surface area contributed by atoms with Crippen LogP contribution in [0.15, 0.2) is 42.7 Å². The molecule has 0 radical (unpaired) electrons. The molecule has 1 N–H and O–H groups in total. The maximum Gasteiger partial charge on any atom is 0.237 e. The summed E-state index contributed by atoms with van der Waals surface area (Å²) in [6, 6.07) is 7.63. The van der Waals surface area contributed by atoms with Gasteiger partial charge in [0.15, 0.2) is 0 Å². The number of nitrogens with zero attached hydrogens (tertiary/aromatic N) is 3. The highest BCUT2D eigenvalue weighted by molar-refractivity contribution is 5.81. The molecule has 1 aromatic carbocycles. The Kier molecular flexibility index (Phi) is 5.87. The third-order valence-electron chi connectivity index (χ3n) is 4.01. The van der Waals surface area contributed by atoms with Crippen LogP contribution in [0, 0.1) is 5.82 Å². The van der Waals surface area contributed by atoms with Gasteiger partial charge in [0.05, 0.1) is 18.6 Å². The van der Waals surface area contributed by atoms with Gasteiger partial charge in [-0.2, -0.15) is 5.10 Å². The van der Waals surface area contributed by atoms with Crippen molar-refractivity contribution in [2.45, 2.75) is 32.5 Å². The summed E-state index contributed by atoms with van der Waals surface area (Å²) in [7, 11) is 1.91. The maximum atomic E-state index is 12.9. The van der Waals surface area contributed by atoms with Crippen LogP contribution in [0.5, 0.6) is 0 Å². The first-order valence-electron chi connectivity index (χ1n) is 7.71. The molecule has 5 nitrogen and oxygen atoms in total. The molecule has 0 bridgehead atoms. The summed E-state index contributed by atoms with van der Waals surface area (Å²) >= 11 is 0. The predicted octanol–water partition coefficient (Wildman–Crippen LogP) is 2.22. The number of carbonyl (C=O) groups is 1. The molecule has 1 amide bonds. The van der Waals surface area contributed by atoms with Crippen LogP contribution >= 0.6 is 0 Å². The molecule has 6 heteroatoms. The minimum atomic E-state index is -0.279. The largest absolute Gasteiger partial charge is 0.348 e. The van der Waals surface area contributed by atoms with Crippen molar-refractivity contribution in [2.75, 3.05) is 13.6 Å². The lowest BCUT2D eigenvalue weighted by Gasteiger charge is -2.25. The molecular formula is C17H23FN4O. The number of nitrogens with one attached hydrogen (secondary N) is 1. The molecule has 23 heavy (non-hydrogen) atoms. The van der Waals surface area contributed by atoms with Crippen LogP contribution in [0.4, 0.5) is 4.39 Å². The molecule has 1 aromatic heterocycles. The van der Waals surface area contributed by atoms with E-state index in [0.717, 1.165) is 18.7 Å². The molecule has 0 aliphatic carbocycles. The van der Waals surface area contributed by atoms with E-state index in [1.807, 2.05) is 42.7 Å². The lowest BCUT2D eigenvalue weighted by molar-refractivity contribution is -0.126. The van der Waals surface area contributed by atoms with Crippen LogP contribution in [0.2, 0.25) is 0 Å². The molecule has 0 aliphatic heterocycles. The normalized spacial score (nSPS) is 13.8. The second-order valence-corrected chi connectivity index (χ2v) is 5.71.